The fourth-order valence-corrected chi connectivity index (χ4v) is 2.01. The van der Waals surface area contributed by atoms with Crippen LogP contribution in [0.1, 0.15) is 39.3 Å². The number of rotatable bonds is 6. The van der Waals surface area contributed by atoms with Gasteiger partial charge in [-0.2, -0.15) is 0 Å². The van der Waals surface area contributed by atoms with Gasteiger partial charge in [-0.15, -0.1) is 0 Å². The first-order valence-electron chi connectivity index (χ1n) is 7.43. The monoisotopic (exact) mass is 292 g/mol. The Morgan fingerprint density at radius 3 is 2.24 bits per heavy atom. The molecule has 0 heterocycles. The maximum absolute atomic E-state index is 12.0. The van der Waals surface area contributed by atoms with Gasteiger partial charge in [-0.1, -0.05) is 32.9 Å². The summed E-state index contributed by atoms with van der Waals surface area (Å²) < 4.78 is 5.46. The van der Waals surface area contributed by atoms with Gasteiger partial charge in [-0.3, -0.25) is 4.79 Å². The summed E-state index contributed by atoms with van der Waals surface area (Å²) in [6.07, 6.45) is 0. The van der Waals surface area contributed by atoms with E-state index in [1.165, 1.54) is 0 Å². The van der Waals surface area contributed by atoms with E-state index in [1.54, 1.807) is 0 Å². The van der Waals surface area contributed by atoms with E-state index in [1.807, 2.05) is 53.9 Å². The van der Waals surface area contributed by atoms with Gasteiger partial charge >= 0.3 is 0 Å². The van der Waals surface area contributed by atoms with E-state index in [-0.39, 0.29) is 17.4 Å². The van der Waals surface area contributed by atoms with Crippen LogP contribution in [0.5, 0.6) is 5.75 Å². The Morgan fingerprint density at radius 1 is 1.24 bits per heavy atom. The van der Waals surface area contributed by atoms with Gasteiger partial charge in [0.05, 0.1) is 12.6 Å². The summed E-state index contributed by atoms with van der Waals surface area (Å²) in [5.41, 5.74) is 0.799. The molecule has 0 fully saturated rings. The first-order valence-corrected chi connectivity index (χ1v) is 7.43. The van der Waals surface area contributed by atoms with Crippen LogP contribution in [0.3, 0.4) is 0 Å². The van der Waals surface area contributed by atoms with Crippen LogP contribution >= 0.6 is 0 Å². The molecule has 0 saturated carbocycles. The van der Waals surface area contributed by atoms with Crippen molar-refractivity contribution in [3.8, 4) is 5.75 Å². The average Bonchev–Trinajstić information content (AvgIpc) is 2.39. The Labute approximate surface area is 128 Å². The van der Waals surface area contributed by atoms with E-state index in [4.69, 9.17) is 4.74 Å². The summed E-state index contributed by atoms with van der Waals surface area (Å²) in [4.78, 5) is 14.1. The maximum Gasteiger partial charge on any atom is 0.225 e. The fourth-order valence-electron chi connectivity index (χ4n) is 2.01. The topological polar surface area (TPSA) is 41.6 Å². The number of carbonyl (C=O) groups is 1. The summed E-state index contributed by atoms with van der Waals surface area (Å²) in [5.74, 6) is 0.942. The molecule has 1 amide bonds. The highest BCUT2D eigenvalue weighted by Gasteiger charge is 2.23. The fraction of sp³-hybridized carbons (Fsp3) is 0.588. The van der Waals surface area contributed by atoms with Gasteiger partial charge in [0.25, 0.3) is 0 Å². The number of hydrogen-bond donors (Lipinski definition) is 1. The minimum Gasteiger partial charge on any atom is -0.494 e. The molecule has 4 nitrogen and oxygen atoms in total. The molecule has 0 aliphatic carbocycles. The Kier molecular flexibility index (Phi) is 6.21. The van der Waals surface area contributed by atoms with Crippen molar-refractivity contribution in [2.45, 2.75) is 33.7 Å². The molecule has 1 N–H and O–H groups in total. The number of carbonyl (C=O) groups excluding carboxylic acids is 1. The highest BCUT2D eigenvalue weighted by atomic mass is 16.5. The molecule has 0 aliphatic rings. The molecule has 0 radical (unpaired) electrons. The average molecular weight is 292 g/mol. The van der Waals surface area contributed by atoms with E-state index in [2.05, 4.69) is 22.3 Å². The van der Waals surface area contributed by atoms with Gasteiger partial charge < -0.3 is 15.0 Å². The largest absolute Gasteiger partial charge is 0.494 e. The predicted molar refractivity (Wildman–Crippen MR) is 86.5 cm³/mol. The zero-order chi connectivity index (χ0) is 16.0. The van der Waals surface area contributed by atoms with Gasteiger partial charge in [0.2, 0.25) is 5.91 Å². The summed E-state index contributed by atoms with van der Waals surface area (Å²) in [5, 5.41) is 3.03. The van der Waals surface area contributed by atoms with Crippen molar-refractivity contribution in [1.29, 1.82) is 0 Å². The predicted octanol–water partition coefficient (Wildman–Crippen LogP) is 2.85. The van der Waals surface area contributed by atoms with Crippen molar-refractivity contribution >= 4 is 5.91 Å². The molecule has 1 unspecified atom stereocenters. The van der Waals surface area contributed by atoms with E-state index in [9.17, 15) is 4.79 Å². The van der Waals surface area contributed by atoms with Crippen molar-refractivity contribution in [1.82, 2.24) is 10.2 Å². The lowest BCUT2D eigenvalue weighted by Gasteiger charge is -2.27. The van der Waals surface area contributed by atoms with Crippen LogP contribution in [0.4, 0.5) is 0 Å². The zero-order valence-corrected chi connectivity index (χ0v) is 14.1. The van der Waals surface area contributed by atoms with Crippen LogP contribution < -0.4 is 10.1 Å². The van der Waals surface area contributed by atoms with Crippen molar-refractivity contribution in [2.24, 2.45) is 5.41 Å². The number of benzene rings is 1. The SMILES string of the molecule is CCOc1ccc(C(CNC(=O)C(C)(C)C)N(C)C)cc1. The molecule has 1 aromatic carbocycles. The Morgan fingerprint density at radius 2 is 1.81 bits per heavy atom. The van der Waals surface area contributed by atoms with Crippen LogP contribution in [-0.4, -0.2) is 38.1 Å². The molecule has 118 valence electrons. The minimum absolute atomic E-state index is 0.0697. The van der Waals surface area contributed by atoms with Gasteiger partial charge in [0.1, 0.15) is 5.75 Å². The molecule has 21 heavy (non-hydrogen) atoms. The molecule has 4 heteroatoms. The zero-order valence-electron chi connectivity index (χ0n) is 14.1. The minimum atomic E-state index is -0.365. The summed E-state index contributed by atoms with van der Waals surface area (Å²) >= 11 is 0. The molecule has 0 spiro atoms. The summed E-state index contributed by atoms with van der Waals surface area (Å²) in [6, 6.07) is 8.20. The van der Waals surface area contributed by atoms with E-state index >= 15 is 0 Å². The molecule has 1 aromatic rings. The van der Waals surface area contributed by atoms with Crippen molar-refractivity contribution in [2.75, 3.05) is 27.2 Å². The number of hydrogen-bond acceptors (Lipinski definition) is 3. The molecule has 0 saturated heterocycles. The molecule has 1 atom stereocenters. The molecule has 1 rings (SSSR count). The normalized spacial score (nSPS) is 13.1. The molecule has 0 aliphatic heterocycles. The van der Waals surface area contributed by atoms with Crippen LogP contribution in [0.15, 0.2) is 24.3 Å². The molecule has 0 aromatic heterocycles. The van der Waals surface area contributed by atoms with Gasteiger partial charge in [-0.05, 0) is 38.7 Å². The standard InChI is InChI=1S/C17H28N2O2/c1-7-21-14-10-8-13(9-11-14)15(19(5)6)12-18-16(20)17(2,3)4/h8-11,15H,7,12H2,1-6H3,(H,18,20). The number of amides is 1. The maximum atomic E-state index is 12.0. The highest BCUT2D eigenvalue weighted by molar-refractivity contribution is 5.81. The van der Waals surface area contributed by atoms with Crippen molar-refractivity contribution in [3.63, 3.8) is 0 Å². The number of nitrogens with zero attached hydrogens (tertiary/aromatic N) is 1. The Balaban J connectivity index is 2.75. The second-order valence-corrected chi connectivity index (χ2v) is 6.44. The lowest BCUT2D eigenvalue weighted by atomic mass is 9.95. The van der Waals surface area contributed by atoms with Crippen LogP contribution in [-0.2, 0) is 4.79 Å². The molecule has 0 bridgehead atoms. The number of ether oxygens (including phenoxy) is 1. The number of likely N-dealkylation sites (N-methyl/N-ethyl adjacent to an activating group) is 1. The Hall–Kier alpha value is -1.55. The number of nitrogens with one attached hydrogen (secondary N) is 1. The van der Waals surface area contributed by atoms with Gasteiger partial charge in [-0.25, -0.2) is 0 Å². The van der Waals surface area contributed by atoms with Gasteiger partial charge in [0.15, 0.2) is 0 Å². The van der Waals surface area contributed by atoms with E-state index in [0.717, 1.165) is 11.3 Å². The van der Waals surface area contributed by atoms with Gasteiger partial charge in [0, 0.05) is 12.0 Å². The lowest BCUT2D eigenvalue weighted by molar-refractivity contribution is -0.128. The van der Waals surface area contributed by atoms with E-state index in [0.29, 0.717) is 13.2 Å². The van der Waals surface area contributed by atoms with Crippen LogP contribution in [0.25, 0.3) is 0 Å². The second-order valence-electron chi connectivity index (χ2n) is 6.44. The lowest BCUT2D eigenvalue weighted by Crippen LogP contribution is -2.40. The Bertz CT molecular complexity index is 447. The highest BCUT2D eigenvalue weighted by Crippen LogP contribution is 2.21. The first-order chi connectivity index (χ1) is 9.75. The first kappa shape index (κ1) is 17.5. The van der Waals surface area contributed by atoms with E-state index < -0.39 is 0 Å². The quantitative estimate of drug-likeness (QED) is 0.876. The van der Waals surface area contributed by atoms with Crippen LogP contribution in [0, 0.1) is 5.41 Å². The van der Waals surface area contributed by atoms with Crippen molar-refractivity contribution < 1.29 is 9.53 Å². The smallest absolute Gasteiger partial charge is 0.225 e. The third-order valence-corrected chi connectivity index (χ3v) is 3.34. The van der Waals surface area contributed by atoms with Crippen LogP contribution in [0.2, 0.25) is 0 Å². The third-order valence-electron chi connectivity index (χ3n) is 3.34. The molecular weight excluding hydrogens is 264 g/mol. The summed E-state index contributed by atoms with van der Waals surface area (Å²) in [6.45, 7) is 8.99. The van der Waals surface area contributed by atoms with Crippen molar-refractivity contribution in [3.05, 3.63) is 29.8 Å². The summed E-state index contributed by atoms with van der Waals surface area (Å²) in [7, 11) is 4.04. The second kappa shape index (κ2) is 7.46. The molecular formula is C17H28N2O2. The third kappa shape index (κ3) is 5.38.